The molecule has 0 saturated heterocycles. The van der Waals surface area contributed by atoms with Crippen molar-refractivity contribution in [2.24, 2.45) is 5.92 Å². The zero-order valence-electron chi connectivity index (χ0n) is 21.7. The number of nitrogens with zero attached hydrogens (tertiary/aromatic N) is 1. The first-order valence-electron chi connectivity index (χ1n) is 12.0. The lowest BCUT2D eigenvalue weighted by atomic mass is 9.87. The maximum atomic E-state index is 13.7. The number of methoxy groups -OCH3 is 3. The van der Waals surface area contributed by atoms with Crippen LogP contribution in [0.15, 0.2) is 36.4 Å². The van der Waals surface area contributed by atoms with Crippen LogP contribution in [0.5, 0.6) is 17.2 Å². The van der Waals surface area contributed by atoms with Gasteiger partial charge in [-0.15, -0.1) is 0 Å². The van der Waals surface area contributed by atoms with Crippen LogP contribution >= 0.6 is 0 Å². The summed E-state index contributed by atoms with van der Waals surface area (Å²) in [6.45, 7) is 8.14. The van der Waals surface area contributed by atoms with Gasteiger partial charge in [0.2, 0.25) is 5.91 Å². The molecule has 0 aliphatic carbocycles. The third kappa shape index (κ3) is 5.81. The molecule has 2 N–H and O–H groups in total. The highest BCUT2D eigenvalue weighted by molar-refractivity contribution is 5.87. The fourth-order valence-corrected chi connectivity index (χ4v) is 4.44. The van der Waals surface area contributed by atoms with Crippen LogP contribution in [0.3, 0.4) is 0 Å². The Morgan fingerprint density at radius 1 is 0.914 bits per heavy atom. The van der Waals surface area contributed by atoms with E-state index in [1.165, 1.54) is 0 Å². The molecular weight excluding hydrogens is 446 g/mol. The largest absolute Gasteiger partial charge is 0.497 e. The molecule has 1 heterocycles. The number of hydrogen-bond acceptors (Lipinski definition) is 5. The Bertz CT molecular complexity index is 1040. The summed E-state index contributed by atoms with van der Waals surface area (Å²) in [4.78, 5) is 28.2. The van der Waals surface area contributed by atoms with Gasteiger partial charge in [-0.05, 0) is 67.1 Å². The summed E-state index contributed by atoms with van der Waals surface area (Å²) < 4.78 is 16.4. The molecule has 0 fully saturated rings. The Hall–Kier alpha value is -3.42. The van der Waals surface area contributed by atoms with Crippen LogP contribution in [0, 0.1) is 5.92 Å². The van der Waals surface area contributed by atoms with Crippen molar-refractivity contribution in [1.82, 2.24) is 15.5 Å². The molecule has 0 radical (unpaired) electrons. The topological polar surface area (TPSA) is 89.1 Å². The molecular formula is C27H37N3O5. The van der Waals surface area contributed by atoms with Crippen LogP contribution in [0.25, 0.3) is 0 Å². The number of amides is 3. The van der Waals surface area contributed by atoms with Crippen molar-refractivity contribution in [3.8, 4) is 17.2 Å². The predicted octanol–water partition coefficient (Wildman–Crippen LogP) is 3.92. The Morgan fingerprint density at radius 2 is 1.54 bits per heavy atom. The molecule has 1 aliphatic heterocycles. The third-order valence-corrected chi connectivity index (χ3v) is 6.23. The molecule has 0 aromatic heterocycles. The molecule has 190 valence electrons. The van der Waals surface area contributed by atoms with E-state index in [1.54, 1.807) is 26.2 Å². The average Bonchev–Trinajstić information content (AvgIpc) is 2.84. The second kappa shape index (κ2) is 11.3. The van der Waals surface area contributed by atoms with Gasteiger partial charge in [0, 0.05) is 12.6 Å². The van der Waals surface area contributed by atoms with Crippen LogP contribution in [-0.4, -0.2) is 56.8 Å². The van der Waals surface area contributed by atoms with Gasteiger partial charge < -0.3 is 29.7 Å². The fourth-order valence-electron chi connectivity index (χ4n) is 4.44. The van der Waals surface area contributed by atoms with Gasteiger partial charge in [0.25, 0.3) is 0 Å². The van der Waals surface area contributed by atoms with E-state index in [0.717, 1.165) is 22.4 Å². The normalized spacial score (nSPS) is 15.9. The fraction of sp³-hybridized carbons (Fsp3) is 0.481. The van der Waals surface area contributed by atoms with E-state index in [4.69, 9.17) is 14.2 Å². The molecule has 35 heavy (non-hydrogen) atoms. The lowest BCUT2D eigenvalue weighted by Crippen LogP contribution is -2.55. The molecule has 3 rings (SSSR count). The quantitative estimate of drug-likeness (QED) is 0.594. The summed E-state index contributed by atoms with van der Waals surface area (Å²) in [5.74, 6) is 1.73. The second-order valence-electron chi connectivity index (χ2n) is 9.36. The Morgan fingerprint density at radius 3 is 2.09 bits per heavy atom. The lowest BCUT2D eigenvalue weighted by Gasteiger charge is -2.39. The number of carbonyl (C=O) groups is 2. The van der Waals surface area contributed by atoms with Crippen LogP contribution < -0.4 is 24.8 Å². The summed E-state index contributed by atoms with van der Waals surface area (Å²) in [5.41, 5.74) is 2.98. The minimum absolute atomic E-state index is 0.0167. The number of ether oxygens (including phenoxy) is 3. The van der Waals surface area contributed by atoms with Crippen LogP contribution in [0.2, 0.25) is 0 Å². The first-order chi connectivity index (χ1) is 16.7. The summed E-state index contributed by atoms with van der Waals surface area (Å²) in [6, 6.07) is 10.3. The van der Waals surface area contributed by atoms with Gasteiger partial charge in [-0.25, -0.2) is 4.79 Å². The Balaban J connectivity index is 2.02. The van der Waals surface area contributed by atoms with Gasteiger partial charge in [-0.1, -0.05) is 26.0 Å². The first-order valence-corrected chi connectivity index (χ1v) is 12.0. The van der Waals surface area contributed by atoms with Crippen LogP contribution in [0.4, 0.5) is 4.79 Å². The van der Waals surface area contributed by atoms with E-state index in [-0.39, 0.29) is 29.9 Å². The smallest absolute Gasteiger partial charge is 0.318 e. The summed E-state index contributed by atoms with van der Waals surface area (Å²) in [7, 11) is 4.83. The molecule has 0 bridgehead atoms. The minimum atomic E-state index is -0.645. The SMILES string of the molecule is COc1ccc(C2c3cc(OC)c(OC)cc3CCN2C(=O)NC(C(=O)NC(C)C)C(C)C)cc1. The third-order valence-electron chi connectivity index (χ3n) is 6.23. The maximum Gasteiger partial charge on any atom is 0.318 e. The Kier molecular flexibility index (Phi) is 8.48. The van der Waals surface area contributed by atoms with Gasteiger partial charge in [0.1, 0.15) is 11.8 Å². The molecule has 1 aliphatic rings. The van der Waals surface area contributed by atoms with Crippen molar-refractivity contribution in [2.45, 2.75) is 52.2 Å². The van der Waals surface area contributed by atoms with Crippen molar-refractivity contribution >= 4 is 11.9 Å². The number of fused-ring (bicyclic) bond motifs is 1. The van der Waals surface area contributed by atoms with Crippen LogP contribution in [0.1, 0.15) is 50.4 Å². The van der Waals surface area contributed by atoms with E-state index >= 15 is 0 Å². The molecule has 2 unspecified atom stereocenters. The molecule has 3 amide bonds. The lowest BCUT2D eigenvalue weighted by molar-refractivity contribution is -0.124. The van der Waals surface area contributed by atoms with Gasteiger partial charge >= 0.3 is 6.03 Å². The zero-order chi connectivity index (χ0) is 25.7. The van der Waals surface area contributed by atoms with E-state index in [0.29, 0.717) is 24.5 Å². The highest BCUT2D eigenvalue weighted by atomic mass is 16.5. The van der Waals surface area contributed by atoms with Crippen LogP contribution in [-0.2, 0) is 11.2 Å². The Labute approximate surface area is 207 Å². The number of hydrogen-bond donors (Lipinski definition) is 2. The highest BCUT2D eigenvalue weighted by Gasteiger charge is 2.35. The van der Waals surface area contributed by atoms with Gasteiger partial charge in [-0.2, -0.15) is 0 Å². The van der Waals surface area contributed by atoms with Crippen molar-refractivity contribution in [1.29, 1.82) is 0 Å². The van der Waals surface area contributed by atoms with E-state index in [9.17, 15) is 9.59 Å². The maximum absolute atomic E-state index is 13.7. The molecule has 8 heteroatoms. The number of benzene rings is 2. The molecule has 0 spiro atoms. The second-order valence-corrected chi connectivity index (χ2v) is 9.36. The minimum Gasteiger partial charge on any atom is -0.497 e. The number of rotatable bonds is 8. The monoisotopic (exact) mass is 483 g/mol. The number of carbonyl (C=O) groups excluding carboxylic acids is 2. The number of urea groups is 1. The highest BCUT2D eigenvalue weighted by Crippen LogP contribution is 2.41. The summed E-state index contributed by atoms with van der Waals surface area (Å²) in [6.07, 6.45) is 0.653. The zero-order valence-corrected chi connectivity index (χ0v) is 21.7. The van der Waals surface area contributed by atoms with Crippen molar-refractivity contribution in [3.05, 3.63) is 53.1 Å². The van der Waals surface area contributed by atoms with E-state index in [1.807, 2.05) is 64.1 Å². The van der Waals surface area contributed by atoms with Gasteiger partial charge in [0.15, 0.2) is 11.5 Å². The average molecular weight is 484 g/mol. The first kappa shape index (κ1) is 26.2. The molecule has 2 atom stereocenters. The summed E-state index contributed by atoms with van der Waals surface area (Å²) in [5, 5.41) is 5.90. The van der Waals surface area contributed by atoms with Crippen molar-refractivity contribution in [2.75, 3.05) is 27.9 Å². The van der Waals surface area contributed by atoms with E-state index < -0.39 is 6.04 Å². The molecule has 2 aromatic rings. The molecule has 8 nitrogen and oxygen atoms in total. The van der Waals surface area contributed by atoms with Gasteiger partial charge in [-0.3, -0.25) is 4.79 Å². The van der Waals surface area contributed by atoms with E-state index in [2.05, 4.69) is 10.6 Å². The van der Waals surface area contributed by atoms with Gasteiger partial charge in [0.05, 0.1) is 27.4 Å². The number of nitrogens with one attached hydrogen (secondary N) is 2. The molecule has 0 saturated carbocycles. The molecule has 2 aromatic carbocycles. The predicted molar refractivity (Wildman–Crippen MR) is 135 cm³/mol. The standard InChI is InChI=1S/C27H37N3O5/c1-16(2)24(26(31)28-17(3)4)29-27(32)30-13-12-19-14-22(34-6)23(35-7)15-21(19)25(30)18-8-10-20(33-5)11-9-18/h8-11,14-17,24-25H,12-13H2,1-7H3,(H,28,31)(H,29,32). The summed E-state index contributed by atoms with van der Waals surface area (Å²) >= 11 is 0. The van der Waals surface area contributed by atoms with Crippen molar-refractivity contribution < 1.29 is 23.8 Å². The van der Waals surface area contributed by atoms with Crippen molar-refractivity contribution in [3.63, 3.8) is 0 Å².